The van der Waals surface area contributed by atoms with E-state index in [4.69, 9.17) is 9.47 Å². The third-order valence-electron chi connectivity index (χ3n) is 4.78. The van der Waals surface area contributed by atoms with E-state index >= 15 is 0 Å². The minimum absolute atomic E-state index is 0.0147. The maximum atomic E-state index is 13.0. The van der Waals surface area contributed by atoms with E-state index in [1.165, 1.54) is 26.4 Å². The monoisotopic (exact) mass is 401 g/mol. The van der Waals surface area contributed by atoms with Gasteiger partial charge in [0, 0.05) is 32.0 Å². The lowest BCUT2D eigenvalue weighted by Gasteiger charge is -2.17. The number of ether oxygens (including phenoxy) is 2. The Morgan fingerprint density at radius 3 is 2.62 bits per heavy atom. The van der Waals surface area contributed by atoms with Gasteiger partial charge < -0.3 is 25.0 Å². The van der Waals surface area contributed by atoms with E-state index < -0.39 is 0 Å². The fraction of sp³-hybridized carbons (Fsp3) is 0.333. The third-order valence-corrected chi connectivity index (χ3v) is 4.78. The smallest absolute Gasteiger partial charge is 0.319 e. The van der Waals surface area contributed by atoms with Crippen LogP contribution in [0.25, 0.3) is 0 Å². The predicted molar refractivity (Wildman–Crippen MR) is 106 cm³/mol. The molecule has 3 rings (SSSR count). The summed E-state index contributed by atoms with van der Waals surface area (Å²) in [6.45, 7) is 1.34. The van der Waals surface area contributed by atoms with Gasteiger partial charge in [0.25, 0.3) is 0 Å². The molecule has 0 saturated carbocycles. The van der Waals surface area contributed by atoms with Gasteiger partial charge in [0.05, 0.1) is 19.9 Å². The molecule has 0 bridgehead atoms. The van der Waals surface area contributed by atoms with Crippen molar-refractivity contribution in [1.82, 2.24) is 10.2 Å². The van der Waals surface area contributed by atoms with E-state index in [0.29, 0.717) is 43.2 Å². The fourth-order valence-corrected chi connectivity index (χ4v) is 3.34. The first kappa shape index (κ1) is 20.4. The number of hydrogen-bond acceptors (Lipinski definition) is 4. The molecular weight excluding hydrogens is 377 g/mol. The fourth-order valence-electron chi connectivity index (χ4n) is 3.34. The van der Waals surface area contributed by atoms with Crippen LogP contribution in [-0.2, 0) is 11.3 Å². The van der Waals surface area contributed by atoms with Gasteiger partial charge >= 0.3 is 6.03 Å². The molecule has 1 fully saturated rings. The Kier molecular flexibility index (Phi) is 6.54. The first-order valence-corrected chi connectivity index (χ1v) is 9.28. The molecule has 0 aromatic heterocycles. The molecule has 1 heterocycles. The summed E-state index contributed by atoms with van der Waals surface area (Å²) in [5, 5.41) is 5.54. The molecule has 0 unspecified atom stereocenters. The number of methoxy groups -OCH3 is 2. The van der Waals surface area contributed by atoms with Crippen LogP contribution in [0.4, 0.5) is 14.9 Å². The molecule has 0 radical (unpaired) electrons. The highest BCUT2D eigenvalue weighted by atomic mass is 19.1. The van der Waals surface area contributed by atoms with Crippen LogP contribution < -0.4 is 20.1 Å². The Hall–Kier alpha value is -3.29. The number of likely N-dealkylation sites (tertiary alicyclic amines) is 1. The van der Waals surface area contributed by atoms with Gasteiger partial charge in [0.2, 0.25) is 5.91 Å². The molecule has 0 spiro atoms. The molecule has 1 atom stereocenters. The molecule has 8 heteroatoms. The number of carbonyl (C=O) groups excluding carboxylic acids is 2. The van der Waals surface area contributed by atoms with Gasteiger partial charge in [0.15, 0.2) is 11.5 Å². The van der Waals surface area contributed by atoms with E-state index in [1.807, 2.05) is 0 Å². The van der Waals surface area contributed by atoms with E-state index in [2.05, 4.69) is 10.6 Å². The van der Waals surface area contributed by atoms with Gasteiger partial charge in [-0.1, -0.05) is 18.2 Å². The number of carbonyl (C=O) groups is 2. The maximum Gasteiger partial charge on any atom is 0.319 e. The summed E-state index contributed by atoms with van der Waals surface area (Å²) in [6.07, 6.45) is 0.365. The van der Waals surface area contributed by atoms with Crippen LogP contribution in [0.5, 0.6) is 11.5 Å². The van der Waals surface area contributed by atoms with Crippen LogP contribution in [0.3, 0.4) is 0 Å². The van der Waals surface area contributed by atoms with Gasteiger partial charge in [-0.25, -0.2) is 9.18 Å². The maximum absolute atomic E-state index is 13.0. The number of urea groups is 1. The second kappa shape index (κ2) is 9.27. The van der Waals surface area contributed by atoms with Gasteiger partial charge in [0.1, 0.15) is 5.82 Å². The molecule has 29 heavy (non-hydrogen) atoms. The van der Waals surface area contributed by atoms with Crippen molar-refractivity contribution in [2.24, 2.45) is 5.92 Å². The van der Waals surface area contributed by atoms with Gasteiger partial charge in [-0.2, -0.15) is 0 Å². The lowest BCUT2D eigenvalue weighted by atomic mass is 10.1. The molecule has 2 N–H and O–H groups in total. The topological polar surface area (TPSA) is 79.9 Å². The molecule has 1 aliphatic rings. The Labute approximate surface area is 168 Å². The van der Waals surface area contributed by atoms with Crippen LogP contribution in [0.1, 0.15) is 12.0 Å². The average molecular weight is 401 g/mol. The van der Waals surface area contributed by atoms with Crippen molar-refractivity contribution in [3.63, 3.8) is 0 Å². The van der Waals surface area contributed by atoms with Crippen molar-refractivity contribution in [3.05, 3.63) is 53.8 Å². The van der Waals surface area contributed by atoms with Crippen molar-refractivity contribution in [2.45, 2.75) is 13.0 Å². The van der Waals surface area contributed by atoms with Crippen LogP contribution >= 0.6 is 0 Å². The summed E-state index contributed by atoms with van der Waals surface area (Å²) in [4.78, 5) is 26.2. The number of amides is 3. The summed E-state index contributed by atoms with van der Waals surface area (Å²) >= 11 is 0. The van der Waals surface area contributed by atoms with E-state index in [1.54, 1.807) is 35.2 Å². The first-order valence-electron chi connectivity index (χ1n) is 9.28. The number of halogens is 1. The first-order chi connectivity index (χ1) is 14.0. The number of hydrogen-bond donors (Lipinski definition) is 2. The lowest BCUT2D eigenvalue weighted by molar-refractivity contribution is -0.128. The standard InChI is InChI=1S/C21H24FN3O4/c1-28-18-5-3-4-17(20(18)29-2)24-21(27)23-11-15-10-19(26)25(13-15)12-14-6-8-16(22)9-7-14/h3-9,15H,10-13H2,1-2H3,(H2,23,24,27)/t15-/m0/s1. The highest BCUT2D eigenvalue weighted by Gasteiger charge is 2.29. The summed E-state index contributed by atoms with van der Waals surface area (Å²) in [6, 6.07) is 10.9. The number of rotatable bonds is 7. The lowest BCUT2D eigenvalue weighted by Crippen LogP contribution is -2.34. The number of nitrogens with zero attached hydrogens (tertiary/aromatic N) is 1. The van der Waals surface area contributed by atoms with Crippen molar-refractivity contribution < 1.29 is 23.5 Å². The molecule has 1 saturated heterocycles. The molecule has 3 amide bonds. The minimum Gasteiger partial charge on any atom is -0.493 e. The Balaban J connectivity index is 1.51. The van der Waals surface area contributed by atoms with Gasteiger partial charge in [-0.15, -0.1) is 0 Å². The summed E-state index contributed by atoms with van der Waals surface area (Å²) in [5.41, 5.74) is 1.36. The van der Waals surface area contributed by atoms with Crippen molar-refractivity contribution in [3.8, 4) is 11.5 Å². The van der Waals surface area contributed by atoms with Crippen LogP contribution in [0.2, 0.25) is 0 Å². The van der Waals surface area contributed by atoms with E-state index in [0.717, 1.165) is 5.56 Å². The zero-order chi connectivity index (χ0) is 20.8. The zero-order valence-corrected chi connectivity index (χ0v) is 16.4. The average Bonchev–Trinajstić information content (AvgIpc) is 3.07. The van der Waals surface area contributed by atoms with Gasteiger partial charge in [-0.3, -0.25) is 4.79 Å². The molecule has 154 valence electrons. The second-order valence-corrected chi connectivity index (χ2v) is 6.85. The molecule has 0 aliphatic carbocycles. The predicted octanol–water partition coefficient (Wildman–Crippen LogP) is 3.01. The van der Waals surface area contributed by atoms with Crippen LogP contribution in [-0.4, -0.2) is 44.1 Å². The quantitative estimate of drug-likeness (QED) is 0.748. The van der Waals surface area contributed by atoms with Crippen molar-refractivity contribution >= 4 is 17.6 Å². The SMILES string of the molecule is COc1cccc(NC(=O)NC[C@@H]2CC(=O)N(Cc3ccc(F)cc3)C2)c1OC. The van der Waals surface area contributed by atoms with Crippen LogP contribution in [0.15, 0.2) is 42.5 Å². The molecule has 2 aromatic carbocycles. The number of nitrogens with one attached hydrogen (secondary N) is 2. The normalized spacial score (nSPS) is 15.9. The molecule has 7 nitrogen and oxygen atoms in total. The van der Waals surface area contributed by atoms with E-state index in [9.17, 15) is 14.0 Å². The molecule has 1 aliphatic heterocycles. The minimum atomic E-state index is -0.388. The zero-order valence-electron chi connectivity index (χ0n) is 16.4. The Morgan fingerprint density at radius 1 is 1.17 bits per heavy atom. The number of anilines is 1. The van der Waals surface area contributed by atoms with Crippen molar-refractivity contribution in [2.75, 3.05) is 32.6 Å². The summed E-state index contributed by atoms with van der Waals surface area (Å²) in [5.74, 6) is 0.689. The van der Waals surface area contributed by atoms with Crippen LogP contribution in [0, 0.1) is 11.7 Å². The number of benzene rings is 2. The van der Waals surface area contributed by atoms with Crippen molar-refractivity contribution in [1.29, 1.82) is 0 Å². The van der Waals surface area contributed by atoms with Gasteiger partial charge in [-0.05, 0) is 29.8 Å². The molecular formula is C21H24FN3O4. The summed E-state index contributed by atoms with van der Waals surface area (Å²) < 4.78 is 23.5. The largest absolute Gasteiger partial charge is 0.493 e. The summed E-state index contributed by atoms with van der Waals surface area (Å²) in [7, 11) is 3.03. The molecule has 2 aromatic rings. The Bertz CT molecular complexity index is 873. The Morgan fingerprint density at radius 2 is 1.93 bits per heavy atom. The highest BCUT2D eigenvalue weighted by Crippen LogP contribution is 2.34. The number of para-hydroxylation sites is 1. The third kappa shape index (κ3) is 5.16. The highest BCUT2D eigenvalue weighted by molar-refractivity contribution is 5.91. The second-order valence-electron chi connectivity index (χ2n) is 6.85. The van der Waals surface area contributed by atoms with E-state index in [-0.39, 0.29) is 23.7 Å².